The van der Waals surface area contributed by atoms with Crippen molar-refractivity contribution in [3.8, 4) is 11.4 Å². The zero-order valence-corrected chi connectivity index (χ0v) is 17.8. The number of aromatic nitrogens is 4. The molecule has 2 aromatic heterocycles. The van der Waals surface area contributed by atoms with Crippen molar-refractivity contribution in [3.05, 3.63) is 53.7 Å². The van der Waals surface area contributed by atoms with Crippen LogP contribution >= 0.6 is 0 Å². The van der Waals surface area contributed by atoms with Crippen LogP contribution in [0.3, 0.4) is 0 Å². The van der Waals surface area contributed by atoms with Gasteiger partial charge in [-0.05, 0) is 38.0 Å². The first kappa shape index (κ1) is 20.4. The number of benzene rings is 2. The quantitative estimate of drug-likeness (QED) is 0.491. The van der Waals surface area contributed by atoms with Gasteiger partial charge in [-0.1, -0.05) is 37.3 Å². The molecular weight excluding hydrogens is 402 g/mol. The molecule has 2 N–H and O–H groups in total. The van der Waals surface area contributed by atoms with Gasteiger partial charge in [0, 0.05) is 22.4 Å². The van der Waals surface area contributed by atoms with E-state index in [-0.39, 0.29) is 11.5 Å². The molecule has 1 atom stereocenters. The maximum absolute atomic E-state index is 12.8. The third kappa shape index (κ3) is 3.45. The molecule has 4 rings (SSSR count). The number of aliphatic hydroxyl groups excluding tert-OH is 1. The minimum atomic E-state index is -3.80. The first-order chi connectivity index (χ1) is 14.4. The topological polar surface area (TPSA) is 109 Å². The lowest BCUT2D eigenvalue weighted by Gasteiger charge is -2.15. The van der Waals surface area contributed by atoms with Crippen LogP contribution in [0.15, 0.2) is 47.4 Å². The molecule has 0 unspecified atom stereocenters. The summed E-state index contributed by atoms with van der Waals surface area (Å²) in [6, 6.07) is 12.2. The monoisotopic (exact) mass is 425 g/mol. The summed E-state index contributed by atoms with van der Waals surface area (Å²) in [5.74, 6) is 0.475. The van der Waals surface area contributed by atoms with Gasteiger partial charge in [0.15, 0.2) is 11.5 Å². The molecular formula is C21H23N5O3S. The molecule has 0 spiro atoms. The van der Waals surface area contributed by atoms with Crippen LogP contribution in [0.1, 0.15) is 24.6 Å². The van der Waals surface area contributed by atoms with Gasteiger partial charge in [0.2, 0.25) is 10.0 Å². The van der Waals surface area contributed by atoms with Crippen LogP contribution in [0.25, 0.3) is 27.8 Å². The van der Waals surface area contributed by atoms with E-state index in [1.54, 1.807) is 22.7 Å². The minimum absolute atomic E-state index is 0.101. The second-order valence-electron chi connectivity index (χ2n) is 7.28. The highest BCUT2D eigenvalue weighted by Crippen LogP contribution is 2.28. The van der Waals surface area contributed by atoms with Crippen LogP contribution < -0.4 is 4.72 Å². The third-order valence-electron chi connectivity index (χ3n) is 5.24. The van der Waals surface area contributed by atoms with Gasteiger partial charge in [-0.15, -0.1) is 10.2 Å². The minimum Gasteiger partial charge on any atom is -0.395 e. The Morgan fingerprint density at radius 3 is 2.53 bits per heavy atom. The highest BCUT2D eigenvalue weighted by atomic mass is 32.2. The van der Waals surface area contributed by atoms with Gasteiger partial charge in [0.05, 0.1) is 17.2 Å². The van der Waals surface area contributed by atoms with Gasteiger partial charge < -0.3 is 5.11 Å². The summed E-state index contributed by atoms with van der Waals surface area (Å²) in [4.78, 5) is 0.101. The van der Waals surface area contributed by atoms with Crippen LogP contribution in [0.2, 0.25) is 0 Å². The summed E-state index contributed by atoms with van der Waals surface area (Å²) in [5, 5.41) is 24.6. The Hall–Kier alpha value is -2.88. The van der Waals surface area contributed by atoms with Gasteiger partial charge in [-0.2, -0.15) is 9.61 Å². The van der Waals surface area contributed by atoms with Crippen LogP contribution in [-0.4, -0.2) is 46.0 Å². The Bertz CT molecular complexity index is 1340. The maximum Gasteiger partial charge on any atom is 0.240 e. The van der Waals surface area contributed by atoms with E-state index in [4.69, 9.17) is 0 Å². The van der Waals surface area contributed by atoms with Gasteiger partial charge in [-0.3, -0.25) is 0 Å². The maximum atomic E-state index is 12.8. The van der Waals surface area contributed by atoms with Crippen molar-refractivity contribution in [1.82, 2.24) is 24.5 Å². The standard InChI is InChI=1S/C21H23N5O3S/c1-4-15(12-27)25-30(28,29)16-10-9-13(2)19(11-16)21-23-22-20-18-8-6-5-7-17(18)14(3)24-26(20)21/h5-11,15,25,27H,4,12H2,1-3H3/t15-/m0/s1. The molecule has 0 radical (unpaired) electrons. The lowest BCUT2D eigenvalue weighted by molar-refractivity contribution is 0.254. The zero-order chi connectivity index (χ0) is 21.5. The molecule has 0 aliphatic heterocycles. The molecule has 156 valence electrons. The Morgan fingerprint density at radius 1 is 1.10 bits per heavy atom. The fraction of sp³-hybridized carbons (Fsp3) is 0.286. The largest absolute Gasteiger partial charge is 0.395 e. The summed E-state index contributed by atoms with van der Waals surface area (Å²) in [6.07, 6.45) is 0.486. The first-order valence-corrected chi connectivity index (χ1v) is 11.2. The molecule has 8 nitrogen and oxygen atoms in total. The lowest BCUT2D eigenvalue weighted by atomic mass is 10.1. The molecule has 2 aromatic carbocycles. The summed E-state index contributed by atoms with van der Waals surface area (Å²) < 4.78 is 29.8. The average molecular weight is 426 g/mol. The number of hydrogen-bond donors (Lipinski definition) is 2. The summed E-state index contributed by atoms with van der Waals surface area (Å²) in [7, 11) is -3.80. The predicted molar refractivity (Wildman–Crippen MR) is 115 cm³/mol. The molecule has 0 aliphatic rings. The number of rotatable bonds is 6. The van der Waals surface area contributed by atoms with Crippen molar-refractivity contribution in [3.63, 3.8) is 0 Å². The molecule has 0 saturated carbocycles. The highest BCUT2D eigenvalue weighted by Gasteiger charge is 2.22. The zero-order valence-electron chi connectivity index (χ0n) is 17.0. The second-order valence-corrected chi connectivity index (χ2v) is 8.99. The molecule has 0 saturated heterocycles. The Kier molecular flexibility index (Phi) is 5.27. The predicted octanol–water partition coefficient (Wildman–Crippen LogP) is 2.61. The van der Waals surface area contributed by atoms with Gasteiger partial charge >= 0.3 is 0 Å². The van der Waals surface area contributed by atoms with E-state index in [1.165, 1.54) is 0 Å². The summed E-state index contributed by atoms with van der Waals surface area (Å²) in [5.41, 5.74) is 2.92. The van der Waals surface area contributed by atoms with Crippen molar-refractivity contribution in [2.75, 3.05) is 6.61 Å². The lowest BCUT2D eigenvalue weighted by Crippen LogP contribution is -2.36. The number of sulfonamides is 1. The van der Waals surface area contributed by atoms with E-state index in [9.17, 15) is 13.5 Å². The van der Waals surface area contributed by atoms with Crippen molar-refractivity contribution in [1.29, 1.82) is 0 Å². The fourth-order valence-corrected chi connectivity index (χ4v) is 4.79. The number of nitrogens with one attached hydrogen (secondary N) is 1. The Morgan fingerprint density at radius 2 is 1.83 bits per heavy atom. The molecule has 30 heavy (non-hydrogen) atoms. The van der Waals surface area contributed by atoms with E-state index in [0.29, 0.717) is 23.5 Å². The molecule has 0 bridgehead atoms. The number of hydrogen-bond acceptors (Lipinski definition) is 6. The van der Waals surface area contributed by atoms with E-state index in [1.807, 2.05) is 45.0 Å². The Labute approximate surface area is 174 Å². The van der Waals surface area contributed by atoms with Crippen LogP contribution in [0, 0.1) is 13.8 Å². The summed E-state index contributed by atoms with van der Waals surface area (Å²) >= 11 is 0. The SMILES string of the molecule is CC[C@@H](CO)NS(=O)(=O)c1ccc(C)c(-c2nnc3c4ccccc4c(C)nn23)c1. The van der Waals surface area contributed by atoms with Crippen molar-refractivity contribution >= 4 is 26.4 Å². The first-order valence-electron chi connectivity index (χ1n) is 9.70. The normalized spacial score (nSPS) is 13.2. The second kappa shape index (κ2) is 7.75. The number of aliphatic hydroxyl groups is 1. The number of nitrogens with zero attached hydrogens (tertiary/aromatic N) is 4. The van der Waals surface area contributed by atoms with Gasteiger partial charge in [0.1, 0.15) is 0 Å². The summed E-state index contributed by atoms with van der Waals surface area (Å²) in [6.45, 7) is 5.35. The van der Waals surface area contributed by atoms with Crippen LogP contribution in [-0.2, 0) is 10.0 Å². The van der Waals surface area contributed by atoms with E-state index >= 15 is 0 Å². The van der Waals surface area contributed by atoms with E-state index < -0.39 is 16.1 Å². The number of aryl methyl sites for hydroxylation is 2. The van der Waals surface area contributed by atoms with E-state index in [0.717, 1.165) is 22.0 Å². The van der Waals surface area contributed by atoms with Crippen LogP contribution in [0.5, 0.6) is 0 Å². The van der Waals surface area contributed by atoms with Crippen molar-refractivity contribution in [2.24, 2.45) is 0 Å². The molecule has 2 heterocycles. The van der Waals surface area contributed by atoms with Crippen LogP contribution in [0.4, 0.5) is 0 Å². The van der Waals surface area contributed by atoms with Gasteiger partial charge in [-0.25, -0.2) is 13.1 Å². The molecule has 9 heteroatoms. The smallest absolute Gasteiger partial charge is 0.240 e. The van der Waals surface area contributed by atoms with Crippen molar-refractivity contribution < 1.29 is 13.5 Å². The molecule has 0 amide bonds. The molecule has 4 aromatic rings. The average Bonchev–Trinajstić information content (AvgIpc) is 3.16. The molecule has 0 fully saturated rings. The van der Waals surface area contributed by atoms with E-state index in [2.05, 4.69) is 20.0 Å². The molecule has 0 aliphatic carbocycles. The van der Waals surface area contributed by atoms with Gasteiger partial charge in [0.25, 0.3) is 0 Å². The third-order valence-corrected chi connectivity index (χ3v) is 6.76. The Balaban J connectivity index is 1.88. The fourth-order valence-electron chi connectivity index (χ4n) is 3.45. The van der Waals surface area contributed by atoms with Crippen molar-refractivity contribution in [2.45, 2.75) is 38.1 Å². The highest BCUT2D eigenvalue weighted by molar-refractivity contribution is 7.89. The number of fused-ring (bicyclic) bond motifs is 3.